The first kappa shape index (κ1) is 13.1. The van der Waals surface area contributed by atoms with Gasteiger partial charge in [-0.15, -0.1) is 0 Å². The maximum absolute atomic E-state index is 12.1. The molecule has 0 aromatic heterocycles. The highest BCUT2D eigenvalue weighted by Gasteiger charge is 2.08. The number of amides is 1. The summed E-state index contributed by atoms with van der Waals surface area (Å²) in [6, 6.07) is 12.6. The number of phenols is 1. The number of carbonyl (C=O) groups excluding carboxylic acids is 1. The second-order valence-corrected chi connectivity index (χ2v) is 4.51. The van der Waals surface area contributed by atoms with Crippen molar-refractivity contribution in [3.63, 3.8) is 0 Å². The van der Waals surface area contributed by atoms with Crippen LogP contribution in [0.1, 0.15) is 28.4 Å². The molecule has 19 heavy (non-hydrogen) atoms. The van der Waals surface area contributed by atoms with Gasteiger partial charge in [-0.05, 0) is 54.8 Å². The van der Waals surface area contributed by atoms with Crippen LogP contribution in [0.5, 0.6) is 5.75 Å². The minimum atomic E-state index is -0.170. The van der Waals surface area contributed by atoms with Gasteiger partial charge < -0.3 is 10.4 Å². The molecule has 0 unspecified atom stereocenters. The van der Waals surface area contributed by atoms with Crippen LogP contribution in [0.3, 0.4) is 0 Å². The van der Waals surface area contributed by atoms with Gasteiger partial charge in [0, 0.05) is 11.3 Å². The summed E-state index contributed by atoms with van der Waals surface area (Å²) in [5, 5.41) is 12.3. The average molecular weight is 255 g/mol. The van der Waals surface area contributed by atoms with Crippen LogP contribution in [-0.2, 0) is 6.42 Å². The average Bonchev–Trinajstić information content (AvgIpc) is 2.42. The summed E-state index contributed by atoms with van der Waals surface area (Å²) >= 11 is 0. The van der Waals surface area contributed by atoms with E-state index in [-0.39, 0.29) is 11.7 Å². The van der Waals surface area contributed by atoms with Crippen molar-refractivity contribution in [1.29, 1.82) is 0 Å². The fourth-order valence-corrected chi connectivity index (χ4v) is 1.87. The number of anilines is 1. The van der Waals surface area contributed by atoms with Crippen LogP contribution in [0, 0.1) is 6.92 Å². The van der Waals surface area contributed by atoms with E-state index in [0.29, 0.717) is 11.1 Å². The Morgan fingerprint density at radius 2 is 2.00 bits per heavy atom. The Morgan fingerprint density at radius 1 is 1.21 bits per heavy atom. The molecule has 0 heterocycles. The summed E-state index contributed by atoms with van der Waals surface area (Å²) in [6.45, 7) is 3.84. The van der Waals surface area contributed by atoms with Crippen LogP contribution in [0.2, 0.25) is 0 Å². The predicted molar refractivity (Wildman–Crippen MR) is 76.6 cm³/mol. The van der Waals surface area contributed by atoms with Gasteiger partial charge in [-0.1, -0.05) is 19.1 Å². The molecular formula is C16H17NO2. The molecule has 0 aliphatic rings. The maximum Gasteiger partial charge on any atom is 0.255 e. The fourth-order valence-electron chi connectivity index (χ4n) is 1.87. The molecule has 0 spiro atoms. The number of nitrogens with one attached hydrogen (secondary N) is 1. The lowest BCUT2D eigenvalue weighted by Gasteiger charge is -2.08. The molecule has 2 aromatic rings. The number of carbonyl (C=O) groups is 1. The Labute approximate surface area is 112 Å². The smallest absolute Gasteiger partial charge is 0.255 e. The number of hydrogen-bond acceptors (Lipinski definition) is 2. The van der Waals surface area contributed by atoms with E-state index in [1.807, 2.05) is 24.3 Å². The summed E-state index contributed by atoms with van der Waals surface area (Å²) in [5.41, 5.74) is 3.20. The molecule has 0 saturated heterocycles. The van der Waals surface area contributed by atoms with E-state index < -0.39 is 0 Å². The lowest BCUT2D eigenvalue weighted by Crippen LogP contribution is -2.12. The molecule has 0 aliphatic carbocycles. The van der Waals surface area contributed by atoms with Gasteiger partial charge in [0.15, 0.2) is 0 Å². The molecule has 3 nitrogen and oxygen atoms in total. The van der Waals surface area contributed by atoms with Gasteiger partial charge in [-0.25, -0.2) is 0 Å². The minimum Gasteiger partial charge on any atom is -0.508 e. The van der Waals surface area contributed by atoms with Crippen molar-refractivity contribution in [2.45, 2.75) is 20.3 Å². The van der Waals surface area contributed by atoms with E-state index in [4.69, 9.17) is 0 Å². The Balaban J connectivity index is 2.18. The second kappa shape index (κ2) is 5.57. The Kier molecular flexibility index (Phi) is 3.85. The van der Waals surface area contributed by atoms with Gasteiger partial charge in [0.05, 0.1) is 0 Å². The fraction of sp³-hybridized carbons (Fsp3) is 0.188. The zero-order valence-corrected chi connectivity index (χ0v) is 11.1. The molecule has 0 atom stereocenters. The van der Waals surface area contributed by atoms with E-state index in [0.717, 1.165) is 12.1 Å². The van der Waals surface area contributed by atoms with Gasteiger partial charge in [-0.3, -0.25) is 4.79 Å². The van der Waals surface area contributed by atoms with Gasteiger partial charge in [-0.2, -0.15) is 0 Å². The third kappa shape index (κ3) is 3.13. The zero-order valence-electron chi connectivity index (χ0n) is 11.1. The number of benzene rings is 2. The van der Waals surface area contributed by atoms with E-state index in [2.05, 4.69) is 12.2 Å². The number of aromatic hydroxyl groups is 1. The molecule has 0 bridgehead atoms. The molecule has 0 fully saturated rings. The van der Waals surface area contributed by atoms with Gasteiger partial charge in [0.2, 0.25) is 0 Å². The number of aryl methyl sites for hydroxylation is 2. The Hall–Kier alpha value is -2.29. The summed E-state index contributed by atoms with van der Waals surface area (Å²) in [4.78, 5) is 12.1. The standard InChI is InChI=1S/C16H17NO2/c1-3-12-5-4-6-14(10-12)17-16(19)13-7-8-15(18)11(2)9-13/h4-10,18H,3H2,1-2H3,(H,17,19). The highest BCUT2D eigenvalue weighted by Crippen LogP contribution is 2.18. The molecule has 2 N–H and O–H groups in total. The second-order valence-electron chi connectivity index (χ2n) is 4.51. The van der Waals surface area contributed by atoms with Crippen LogP contribution in [0.15, 0.2) is 42.5 Å². The van der Waals surface area contributed by atoms with Gasteiger partial charge in [0.1, 0.15) is 5.75 Å². The van der Waals surface area contributed by atoms with Crippen molar-refractivity contribution in [2.24, 2.45) is 0 Å². The predicted octanol–water partition coefficient (Wildman–Crippen LogP) is 3.52. The van der Waals surface area contributed by atoms with Crippen LogP contribution < -0.4 is 5.32 Å². The molecule has 2 aromatic carbocycles. The van der Waals surface area contributed by atoms with E-state index in [1.54, 1.807) is 19.1 Å². The Morgan fingerprint density at radius 3 is 2.68 bits per heavy atom. The van der Waals surface area contributed by atoms with Crippen molar-refractivity contribution in [1.82, 2.24) is 0 Å². The van der Waals surface area contributed by atoms with Crippen LogP contribution in [0.25, 0.3) is 0 Å². The van der Waals surface area contributed by atoms with Crippen molar-refractivity contribution in [3.05, 3.63) is 59.2 Å². The van der Waals surface area contributed by atoms with Crippen LogP contribution in [-0.4, -0.2) is 11.0 Å². The van der Waals surface area contributed by atoms with Crippen molar-refractivity contribution in [3.8, 4) is 5.75 Å². The lowest BCUT2D eigenvalue weighted by atomic mass is 10.1. The quantitative estimate of drug-likeness (QED) is 0.881. The first-order valence-corrected chi connectivity index (χ1v) is 6.30. The van der Waals surface area contributed by atoms with Gasteiger partial charge in [0.25, 0.3) is 5.91 Å². The van der Waals surface area contributed by atoms with Crippen molar-refractivity contribution in [2.75, 3.05) is 5.32 Å². The highest BCUT2D eigenvalue weighted by molar-refractivity contribution is 6.04. The molecule has 98 valence electrons. The highest BCUT2D eigenvalue weighted by atomic mass is 16.3. The number of hydrogen-bond donors (Lipinski definition) is 2. The first-order valence-electron chi connectivity index (χ1n) is 6.30. The summed E-state index contributed by atoms with van der Waals surface area (Å²) in [5.74, 6) is 0.0286. The molecule has 1 amide bonds. The zero-order chi connectivity index (χ0) is 13.8. The van der Waals surface area contributed by atoms with Crippen molar-refractivity contribution >= 4 is 11.6 Å². The molecule has 3 heteroatoms. The normalized spacial score (nSPS) is 10.2. The van der Waals surface area contributed by atoms with Crippen LogP contribution >= 0.6 is 0 Å². The minimum absolute atomic E-state index is 0.170. The number of phenolic OH excluding ortho intramolecular Hbond substituents is 1. The summed E-state index contributed by atoms with van der Waals surface area (Å²) in [7, 11) is 0. The maximum atomic E-state index is 12.1. The molecule has 2 rings (SSSR count). The van der Waals surface area contributed by atoms with E-state index in [9.17, 15) is 9.90 Å². The number of rotatable bonds is 3. The first-order chi connectivity index (χ1) is 9.10. The summed E-state index contributed by atoms with van der Waals surface area (Å²) < 4.78 is 0. The van der Waals surface area contributed by atoms with Gasteiger partial charge >= 0.3 is 0 Å². The molecular weight excluding hydrogens is 238 g/mol. The van der Waals surface area contributed by atoms with Crippen LogP contribution in [0.4, 0.5) is 5.69 Å². The third-order valence-corrected chi connectivity index (χ3v) is 3.05. The van der Waals surface area contributed by atoms with Crippen molar-refractivity contribution < 1.29 is 9.90 Å². The SMILES string of the molecule is CCc1cccc(NC(=O)c2ccc(O)c(C)c2)c1. The topological polar surface area (TPSA) is 49.3 Å². The summed E-state index contributed by atoms with van der Waals surface area (Å²) in [6.07, 6.45) is 0.933. The molecule has 0 aliphatic heterocycles. The third-order valence-electron chi connectivity index (χ3n) is 3.05. The Bertz CT molecular complexity index is 605. The lowest BCUT2D eigenvalue weighted by molar-refractivity contribution is 0.102. The molecule has 0 saturated carbocycles. The van der Waals surface area contributed by atoms with E-state index >= 15 is 0 Å². The van der Waals surface area contributed by atoms with E-state index in [1.165, 1.54) is 11.6 Å². The molecule has 0 radical (unpaired) electrons. The largest absolute Gasteiger partial charge is 0.508 e. The monoisotopic (exact) mass is 255 g/mol.